The summed E-state index contributed by atoms with van der Waals surface area (Å²) in [6.45, 7) is 1.45. The highest BCUT2D eigenvalue weighted by atomic mass is 16.5. The summed E-state index contributed by atoms with van der Waals surface area (Å²) < 4.78 is 5.72. The third kappa shape index (κ3) is 7.17. The van der Waals surface area contributed by atoms with Gasteiger partial charge in [-0.15, -0.1) is 0 Å². The van der Waals surface area contributed by atoms with Crippen molar-refractivity contribution < 1.29 is 14.3 Å². The van der Waals surface area contributed by atoms with E-state index in [-0.39, 0.29) is 18.3 Å². The van der Waals surface area contributed by atoms with Crippen molar-refractivity contribution in [2.45, 2.75) is 6.92 Å². The van der Waals surface area contributed by atoms with Crippen LogP contribution < -0.4 is 15.5 Å². The van der Waals surface area contributed by atoms with Crippen molar-refractivity contribution in [1.82, 2.24) is 15.4 Å². The lowest BCUT2D eigenvalue weighted by Crippen LogP contribution is -2.21. The number of amides is 2. The number of pyridine rings is 2. The van der Waals surface area contributed by atoms with Crippen molar-refractivity contribution in [3.63, 3.8) is 0 Å². The molecule has 1 aromatic carbocycles. The van der Waals surface area contributed by atoms with Crippen molar-refractivity contribution in [1.29, 1.82) is 0 Å². The molecule has 0 radical (unpaired) electrons. The molecule has 0 aliphatic heterocycles. The van der Waals surface area contributed by atoms with Gasteiger partial charge in [-0.3, -0.25) is 19.6 Å². The number of hydrogen-bond acceptors (Lipinski definition) is 6. The van der Waals surface area contributed by atoms with Crippen LogP contribution in [-0.4, -0.2) is 40.4 Å². The summed E-state index contributed by atoms with van der Waals surface area (Å²) in [5.74, 6) is 0.267. The first kappa shape index (κ1) is 21.3. The number of rotatable bonds is 7. The Bertz CT molecular complexity index is 1070. The van der Waals surface area contributed by atoms with E-state index in [9.17, 15) is 9.59 Å². The number of nitrogens with one attached hydrogen (secondary N) is 2. The van der Waals surface area contributed by atoms with Crippen LogP contribution in [0.15, 0.2) is 83.4 Å². The number of carbonyl (C=O) groups excluding carboxylic acids is 2. The number of aliphatic imine (C=N–C) groups is 1. The lowest BCUT2D eigenvalue weighted by atomic mass is 10.3. The Morgan fingerprint density at radius 2 is 1.61 bits per heavy atom. The molecule has 9 heteroatoms. The maximum Gasteiger partial charge on any atom is 0.271 e. The Labute approximate surface area is 178 Å². The second-order valence-electron chi connectivity index (χ2n) is 6.24. The number of hydrogen-bond donors (Lipinski definition) is 2. The molecule has 0 unspecified atom stereocenters. The first-order valence-electron chi connectivity index (χ1n) is 9.31. The van der Waals surface area contributed by atoms with Gasteiger partial charge in [0.15, 0.2) is 5.84 Å². The van der Waals surface area contributed by atoms with Crippen LogP contribution in [-0.2, 0) is 4.79 Å². The Morgan fingerprint density at radius 1 is 0.968 bits per heavy atom. The van der Waals surface area contributed by atoms with E-state index in [2.05, 4.69) is 30.8 Å². The molecule has 0 atom stereocenters. The number of benzene rings is 1. The molecule has 0 fully saturated rings. The molecule has 0 spiro atoms. The molecular weight excluding hydrogens is 396 g/mol. The third-order valence-corrected chi connectivity index (χ3v) is 3.84. The zero-order valence-corrected chi connectivity index (χ0v) is 16.7. The van der Waals surface area contributed by atoms with Crippen molar-refractivity contribution >= 4 is 29.6 Å². The highest BCUT2D eigenvalue weighted by Gasteiger charge is 2.06. The van der Waals surface area contributed by atoms with Gasteiger partial charge in [0.2, 0.25) is 5.91 Å². The smallest absolute Gasteiger partial charge is 0.271 e. The van der Waals surface area contributed by atoms with Crippen LogP contribution in [0.1, 0.15) is 22.8 Å². The van der Waals surface area contributed by atoms with Gasteiger partial charge in [-0.25, -0.2) is 10.4 Å². The van der Waals surface area contributed by atoms with E-state index < -0.39 is 5.91 Å². The van der Waals surface area contributed by atoms with E-state index in [1.165, 1.54) is 19.3 Å². The van der Waals surface area contributed by atoms with Gasteiger partial charge in [0.1, 0.15) is 12.4 Å². The van der Waals surface area contributed by atoms with Gasteiger partial charge in [-0.1, -0.05) is 0 Å². The SMILES string of the molecule is CC(=O)Nc1ccc(OC/C(N=Cc2ccncc2)=N/NC(=O)c2ccncc2)cc1. The molecule has 31 heavy (non-hydrogen) atoms. The van der Waals surface area contributed by atoms with Gasteiger partial charge in [-0.05, 0) is 54.1 Å². The van der Waals surface area contributed by atoms with Crippen LogP contribution in [0.2, 0.25) is 0 Å². The number of anilines is 1. The second kappa shape index (κ2) is 11.0. The largest absolute Gasteiger partial charge is 0.486 e. The second-order valence-corrected chi connectivity index (χ2v) is 6.24. The van der Waals surface area contributed by atoms with Gasteiger partial charge in [0.05, 0.1) is 0 Å². The van der Waals surface area contributed by atoms with E-state index in [0.717, 1.165) is 5.56 Å². The molecule has 2 amide bonds. The standard InChI is InChI=1S/C22H20N6O3/c1-16(29)26-19-2-4-20(5-3-19)31-15-21(25-14-17-6-10-23-11-7-17)27-28-22(30)18-8-12-24-13-9-18/h2-14H,15H2,1H3,(H,26,29)(H,28,30)/b25-14?,27-21-. The summed E-state index contributed by atoms with van der Waals surface area (Å²) in [5.41, 5.74) is 4.38. The number of amidine groups is 1. The van der Waals surface area contributed by atoms with Crippen molar-refractivity contribution in [3.8, 4) is 5.75 Å². The van der Waals surface area contributed by atoms with E-state index in [0.29, 0.717) is 17.0 Å². The van der Waals surface area contributed by atoms with Crippen molar-refractivity contribution in [2.75, 3.05) is 11.9 Å². The third-order valence-electron chi connectivity index (χ3n) is 3.84. The van der Waals surface area contributed by atoms with E-state index in [1.54, 1.807) is 67.1 Å². The fourth-order valence-corrected chi connectivity index (χ4v) is 2.37. The number of ether oxygens (including phenoxy) is 1. The van der Waals surface area contributed by atoms with Crippen LogP contribution in [0.25, 0.3) is 0 Å². The first-order valence-corrected chi connectivity index (χ1v) is 9.31. The lowest BCUT2D eigenvalue weighted by Gasteiger charge is -2.08. The molecule has 0 aliphatic carbocycles. The molecule has 3 aromatic rings. The molecule has 2 heterocycles. The van der Waals surface area contributed by atoms with Gasteiger partial charge in [0, 0.05) is 49.2 Å². The van der Waals surface area contributed by atoms with Crippen LogP contribution in [0.4, 0.5) is 5.69 Å². The average molecular weight is 416 g/mol. The molecule has 0 saturated heterocycles. The Hall–Kier alpha value is -4.40. The highest BCUT2D eigenvalue weighted by Crippen LogP contribution is 2.15. The van der Waals surface area contributed by atoms with Crippen LogP contribution >= 0.6 is 0 Å². The minimum absolute atomic E-state index is 0.0116. The minimum Gasteiger partial charge on any atom is -0.486 e. The average Bonchev–Trinajstić information content (AvgIpc) is 2.80. The van der Waals surface area contributed by atoms with Gasteiger partial charge < -0.3 is 10.1 Å². The summed E-state index contributed by atoms with van der Waals surface area (Å²) >= 11 is 0. The summed E-state index contributed by atoms with van der Waals surface area (Å²) in [6, 6.07) is 13.6. The summed E-state index contributed by atoms with van der Waals surface area (Å²) in [7, 11) is 0. The summed E-state index contributed by atoms with van der Waals surface area (Å²) in [5, 5.41) is 6.77. The van der Waals surface area contributed by atoms with E-state index in [4.69, 9.17) is 4.74 Å². The number of aromatic nitrogens is 2. The fraction of sp³-hybridized carbons (Fsp3) is 0.0909. The molecule has 2 aromatic heterocycles. The molecule has 9 nitrogen and oxygen atoms in total. The first-order chi connectivity index (χ1) is 15.1. The zero-order valence-electron chi connectivity index (χ0n) is 16.7. The quantitative estimate of drug-likeness (QED) is 0.349. The maximum atomic E-state index is 12.2. The molecule has 3 rings (SSSR count). The number of carbonyl (C=O) groups is 2. The lowest BCUT2D eigenvalue weighted by molar-refractivity contribution is -0.114. The topological polar surface area (TPSA) is 118 Å². The number of nitrogens with zero attached hydrogens (tertiary/aromatic N) is 4. The van der Waals surface area contributed by atoms with Gasteiger partial charge >= 0.3 is 0 Å². The predicted octanol–water partition coefficient (Wildman–Crippen LogP) is 2.68. The molecule has 156 valence electrons. The molecule has 2 N–H and O–H groups in total. The molecule has 0 aliphatic rings. The maximum absolute atomic E-state index is 12.2. The van der Waals surface area contributed by atoms with Gasteiger partial charge in [0.25, 0.3) is 5.91 Å². The molecular formula is C22H20N6O3. The van der Waals surface area contributed by atoms with Crippen LogP contribution in [0, 0.1) is 0 Å². The zero-order chi connectivity index (χ0) is 21.9. The molecule has 0 saturated carbocycles. The molecule has 0 bridgehead atoms. The Kier molecular flexibility index (Phi) is 7.53. The highest BCUT2D eigenvalue weighted by molar-refractivity contribution is 5.98. The Morgan fingerprint density at radius 3 is 2.26 bits per heavy atom. The minimum atomic E-state index is -0.390. The van der Waals surface area contributed by atoms with Crippen LogP contribution in [0.3, 0.4) is 0 Å². The van der Waals surface area contributed by atoms with Crippen molar-refractivity contribution in [2.24, 2.45) is 10.1 Å². The van der Waals surface area contributed by atoms with E-state index >= 15 is 0 Å². The van der Waals surface area contributed by atoms with Gasteiger partial charge in [-0.2, -0.15) is 5.10 Å². The number of hydrazone groups is 1. The Balaban J connectivity index is 1.69. The normalized spacial score (nSPS) is 11.2. The monoisotopic (exact) mass is 416 g/mol. The van der Waals surface area contributed by atoms with E-state index in [1.807, 2.05) is 0 Å². The summed E-state index contributed by atoms with van der Waals surface area (Å²) in [6.07, 6.45) is 7.94. The summed E-state index contributed by atoms with van der Waals surface area (Å²) in [4.78, 5) is 35.5. The van der Waals surface area contributed by atoms with Crippen molar-refractivity contribution in [3.05, 3.63) is 84.4 Å². The van der Waals surface area contributed by atoms with Crippen LogP contribution in [0.5, 0.6) is 5.75 Å². The predicted molar refractivity (Wildman–Crippen MR) is 117 cm³/mol. The fourth-order valence-electron chi connectivity index (χ4n) is 2.37.